The van der Waals surface area contributed by atoms with E-state index in [1.807, 2.05) is 19.1 Å². The first kappa shape index (κ1) is 19.5. The Morgan fingerprint density at radius 3 is 3.00 bits per heavy atom. The first-order valence-electron chi connectivity index (χ1n) is 9.23. The van der Waals surface area contributed by atoms with Crippen LogP contribution in [0.1, 0.15) is 31.5 Å². The second kappa shape index (κ2) is 8.65. The molecule has 0 aliphatic carbocycles. The maximum atomic E-state index is 13.4. The van der Waals surface area contributed by atoms with Gasteiger partial charge in [-0.2, -0.15) is 5.26 Å². The fraction of sp³-hybridized carbons (Fsp3) is 0.400. The molecule has 0 radical (unpaired) electrons. The summed E-state index contributed by atoms with van der Waals surface area (Å²) in [6.07, 6.45) is 3.09. The molecule has 1 fully saturated rings. The number of rotatable bonds is 6. The zero-order valence-corrected chi connectivity index (χ0v) is 15.9. The molecule has 0 bridgehead atoms. The standard InChI is InChI=1S/C20H23FN6O/c1-13(25-16-3-4-19(21)15(8-16)10-22)7-18-9-20(24-12-23-18)27-6-5-17(11-27)26-14(2)28/h3-4,8-9,12-13,17,25H,5-7,11H2,1-2H3,(H,26,28). The molecule has 1 saturated heterocycles. The van der Waals surface area contributed by atoms with Gasteiger partial charge in [-0.1, -0.05) is 0 Å². The predicted octanol–water partition coefficient (Wildman–Crippen LogP) is 2.25. The van der Waals surface area contributed by atoms with Gasteiger partial charge in [-0.05, 0) is 31.5 Å². The molecule has 2 heterocycles. The van der Waals surface area contributed by atoms with E-state index in [1.165, 1.54) is 19.1 Å². The quantitative estimate of drug-likeness (QED) is 0.796. The van der Waals surface area contributed by atoms with Crippen LogP contribution in [0.5, 0.6) is 0 Å². The lowest BCUT2D eigenvalue weighted by Crippen LogP contribution is -2.35. The van der Waals surface area contributed by atoms with Crippen molar-refractivity contribution in [3.63, 3.8) is 0 Å². The maximum absolute atomic E-state index is 13.4. The molecule has 8 heteroatoms. The van der Waals surface area contributed by atoms with Gasteiger partial charge < -0.3 is 15.5 Å². The fourth-order valence-electron chi connectivity index (χ4n) is 3.39. The molecule has 1 aliphatic rings. The summed E-state index contributed by atoms with van der Waals surface area (Å²) in [5, 5.41) is 15.2. The Bertz CT molecular complexity index is 897. The third-order valence-corrected chi connectivity index (χ3v) is 4.64. The first-order valence-corrected chi connectivity index (χ1v) is 9.23. The molecular weight excluding hydrogens is 359 g/mol. The number of nitriles is 1. The lowest BCUT2D eigenvalue weighted by molar-refractivity contribution is -0.119. The number of anilines is 2. The molecule has 1 aromatic heterocycles. The van der Waals surface area contributed by atoms with E-state index < -0.39 is 5.82 Å². The average molecular weight is 382 g/mol. The van der Waals surface area contributed by atoms with Crippen molar-refractivity contribution in [1.29, 1.82) is 5.26 Å². The minimum atomic E-state index is -0.524. The van der Waals surface area contributed by atoms with Gasteiger partial charge in [0.1, 0.15) is 24.0 Å². The number of hydrogen-bond donors (Lipinski definition) is 2. The fourth-order valence-corrected chi connectivity index (χ4v) is 3.39. The molecule has 2 atom stereocenters. The molecule has 1 aromatic carbocycles. The Kier molecular flexibility index (Phi) is 6.04. The van der Waals surface area contributed by atoms with Gasteiger partial charge in [0.15, 0.2) is 0 Å². The van der Waals surface area contributed by atoms with Gasteiger partial charge in [0.05, 0.1) is 5.56 Å². The average Bonchev–Trinajstić information content (AvgIpc) is 3.11. The van der Waals surface area contributed by atoms with Crippen molar-refractivity contribution in [2.24, 2.45) is 0 Å². The number of carbonyl (C=O) groups excluding carboxylic acids is 1. The lowest BCUT2D eigenvalue weighted by Gasteiger charge is -2.19. The Morgan fingerprint density at radius 1 is 1.43 bits per heavy atom. The van der Waals surface area contributed by atoms with Gasteiger partial charge in [-0.15, -0.1) is 0 Å². The van der Waals surface area contributed by atoms with Crippen molar-refractivity contribution in [1.82, 2.24) is 15.3 Å². The largest absolute Gasteiger partial charge is 0.382 e. The number of aromatic nitrogens is 2. The second-order valence-corrected chi connectivity index (χ2v) is 7.06. The Balaban J connectivity index is 1.61. The highest BCUT2D eigenvalue weighted by molar-refractivity contribution is 5.73. The maximum Gasteiger partial charge on any atom is 0.217 e. The smallest absolute Gasteiger partial charge is 0.217 e. The van der Waals surface area contributed by atoms with Crippen LogP contribution in [0.2, 0.25) is 0 Å². The van der Waals surface area contributed by atoms with Crippen LogP contribution in [0.4, 0.5) is 15.9 Å². The van der Waals surface area contributed by atoms with E-state index in [0.717, 1.165) is 31.0 Å². The Hall–Kier alpha value is -3.21. The molecule has 3 rings (SSSR count). The second-order valence-electron chi connectivity index (χ2n) is 7.06. The summed E-state index contributed by atoms with van der Waals surface area (Å²) < 4.78 is 13.4. The van der Waals surface area contributed by atoms with E-state index in [1.54, 1.807) is 12.4 Å². The van der Waals surface area contributed by atoms with Gasteiger partial charge in [0.2, 0.25) is 5.91 Å². The van der Waals surface area contributed by atoms with Crippen LogP contribution in [-0.2, 0) is 11.2 Å². The predicted molar refractivity (Wildman–Crippen MR) is 104 cm³/mol. The first-order chi connectivity index (χ1) is 13.4. The third kappa shape index (κ3) is 4.94. The molecule has 1 aliphatic heterocycles. The third-order valence-electron chi connectivity index (χ3n) is 4.64. The number of carbonyl (C=O) groups is 1. The summed E-state index contributed by atoms with van der Waals surface area (Å²) >= 11 is 0. The van der Waals surface area contributed by atoms with Crippen molar-refractivity contribution < 1.29 is 9.18 Å². The van der Waals surface area contributed by atoms with Gasteiger partial charge in [0.25, 0.3) is 0 Å². The summed E-state index contributed by atoms with van der Waals surface area (Å²) in [6, 6.07) is 8.39. The molecule has 1 amide bonds. The normalized spacial score (nSPS) is 17.1. The van der Waals surface area contributed by atoms with E-state index >= 15 is 0 Å². The van der Waals surface area contributed by atoms with Gasteiger partial charge >= 0.3 is 0 Å². The van der Waals surface area contributed by atoms with Crippen LogP contribution in [-0.4, -0.2) is 41.0 Å². The van der Waals surface area contributed by atoms with Crippen LogP contribution in [0.25, 0.3) is 0 Å². The van der Waals surface area contributed by atoms with Gasteiger partial charge in [-0.3, -0.25) is 4.79 Å². The highest BCUT2D eigenvalue weighted by Crippen LogP contribution is 2.20. The Morgan fingerprint density at radius 2 is 2.25 bits per heavy atom. The topological polar surface area (TPSA) is 93.9 Å². The van der Waals surface area contributed by atoms with E-state index in [9.17, 15) is 9.18 Å². The van der Waals surface area contributed by atoms with E-state index in [0.29, 0.717) is 12.1 Å². The highest BCUT2D eigenvalue weighted by atomic mass is 19.1. The van der Waals surface area contributed by atoms with Crippen LogP contribution in [0.3, 0.4) is 0 Å². The van der Waals surface area contributed by atoms with Crippen molar-refractivity contribution in [3.8, 4) is 6.07 Å². The summed E-state index contributed by atoms with van der Waals surface area (Å²) in [7, 11) is 0. The van der Waals surface area contributed by atoms with Crippen LogP contribution in [0, 0.1) is 17.1 Å². The van der Waals surface area contributed by atoms with Gasteiger partial charge in [-0.25, -0.2) is 14.4 Å². The minimum Gasteiger partial charge on any atom is -0.382 e. The molecular formula is C20H23FN6O. The molecule has 0 spiro atoms. The molecule has 28 heavy (non-hydrogen) atoms. The van der Waals surface area contributed by atoms with E-state index in [2.05, 4.69) is 25.5 Å². The molecule has 7 nitrogen and oxygen atoms in total. The zero-order chi connectivity index (χ0) is 20.1. The van der Waals surface area contributed by atoms with Crippen molar-refractivity contribution in [2.75, 3.05) is 23.3 Å². The monoisotopic (exact) mass is 382 g/mol. The molecule has 2 N–H and O–H groups in total. The summed E-state index contributed by atoms with van der Waals surface area (Å²) in [5.74, 6) is 0.304. The van der Waals surface area contributed by atoms with Crippen molar-refractivity contribution in [3.05, 3.63) is 47.7 Å². The van der Waals surface area contributed by atoms with Crippen molar-refractivity contribution >= 4 is 17.4 Å². The molecule has 2 aromatic rings. The number of halogens is 1. The SMILES string of the molecule is CC(=O)NC1CCN(c2cc(CC(C)Nc3ccc(F)c(C#N)c3)ncn2)C1. The number of benzene rings is 1. The molecule has 0 saturated carbocycles. The zero-order valence-electron chi connectivity index (χ0n) is 15.9. The van der Waals surface area contributed by atoms with E-state index in [4.69, 9.17) is 5.26 Å². The van der Waals surface area contributed by atoms with Crippen molar-refractivity contribution in [2.45, 2.75) is 38.8 Å². The molecule has 2 unspecified atom stereocenters. The summed E-state index contributed by atoms with van der Waals surface area (Å²) in [4.78, 5) is 22.1. The van der Waals surface area contributed by atoms with Crippen LogP contribution >= 0.6 is 0 Å². The van der Waals surface area contributed by atoms with Crippen LogP contribution < -0.4 is 15.5 Å². The lowest BCUT2D eigenvalue weighted by atomic mass is 10.1. The highest BCUT2D eigenvalue weighted by Gasteiger charge is 2.24. The van der Waals surface area contributed by atoms with E-state index in [-0.39, 0.29) is 23.6 Å². The molecule has 146 valence electrons. The Labute approximate surface area is 163 Å². The number of nitrogens with one attached hydrogen (secondary N) is 2. The number of nitrogens with zero attached hydrogens (tertiary/aromatic N) is 4. The van der Waals surface area contributed by atoms with Gasteiger partial charge in [0, 0.05) is 56.0 Å². The summed E-state index contributed by atoms with van der Waals surface area (Å²) in [5.41, 5.74) is 1.59. The number of hydrogen-bond acceptors (Lipinski definition) is 6. The van der Waals surface area contributed by atoms with Crippen LogP contribution in [0.15, 0.2) is 30.6 Å². The minimum absolute atomic E-state index is 0.0179. The number of amides is 1. The summed E-state index contributed by atoms with van der Waals surface area (Å²) in [6.45, 7) is 5.10.